The summed E-state index contributed by atoms with van der Waals surface area (Å²) >= 11 is 0. The lowest BCUT2D eigenvalue weighted by atomic mass is 10.00. The molecule has 0 fully saturated rings. The Labute approximate surface area is 109 Å². The van der Waals surface area contributed by atoms with Crippen LogP contribution < -0.4 is 10.1 Å². The van der Waals surface area contributed by atoms with Crippen LogP contribution in [0.15, 0.2) is 18.2 Å². The second kappa shape index (κ2) is 5.72. The molecule has 0 aromatic heterocycles. The fourth-order valence-corrected chi connectivity index (χ4v) is 2.35. The summed E-state index contributed by atoms with van der Waals surface area (Å²) in [5.41, 5.74) is 2.56. The van der Waals surface area contributed by atoms with Crippen LogP contribution in [0.2, 0.25) is 0 Å². The molecule has 1 aliphatic rings. The zero-order chi connectivity index (χ0) is 13.1. The topological polar surface area (TPSA) is 41.5 Å². The molecule has 3 heteroatoms. The fraction of sp³-hybridized carbons (Fsp3) is 0.600. The lowest BCUT2D eigenvalue weighted by Gasteiger charge is -2.25. The van der Waals surface area contributed by atoms with Gasteiger partial charge in [-0.05, 0) is 30.0 Å². The van der Waals surface area contributed by atoms with Gasteiger partial charge in [-0.15, -0.1) is 0 Å². The Kier molecular flexibility index (Phi) is 4.25. The highest BCUT2D eigenvalue weighted by molar-refractivity contribution is 5.40. The fourth-order valence-electron chi connectivity index (χ4n) is 2.35. The van der Waals surface area contributed by atoms with Crippen LogP contribution in [-0.2, 0) is 6.42 Å². The van der Waals surface area contributed by atoms with Gasteiger partial charge in [0.1, 0.15) is 5.75 Å². The number of rotatable bonds is 5. The summed E-state index contributed by atoms with van der Waals surface area (Å²) in [6.07, 6.45) is 1.00. The normalized spacial score (nSPS) is 17.4. The van der Waals surface area contributed by atoms with Gasteiger partial charge >= 0.3 is 0 Å². The van der Waals surface area contributed by atoms with Crippen LogP contribution in [0.25, 0.3) is 0 Å². The van der Waals surface area contributed by atoms with Crippen molar-refractivity contribution in [1.82, 2.24) is 5.32 Å². The van der Waals surface area contributed by atoms with E-state index in [1.165, 1.54) is 11.1 Å². The summed E-state index contributed by atoms with van der Waals surface area (Å²) in [5, 5.41) is 12.8. The Balaban J connectivity index is 2.06. The molecule has 0 radical (unpaired) electrons. The average Bonchev–Trinajstić information content (AvgIpc) is 2.82. The highest BCUT2D eigenvalue weighted by Crippen LogP contribution is 2.28. The Morgan fingerprint density at radius 2 is 2.11 bits per heavy atom. The minimum atomic E-state index is 0.143. The molecule has 100 valence electrons. The lowest BCUT2D eigenvalue weighted by Crippen LogP contribution is -2.38. The van der Waals surface area contributed by atoms with Gasteiger partial charge in [0.05, 0.1) is 13.2 Å². The number of fused-ring (bicyclic) bond motifs is 1. The second-order valence-electron chi connectivity index (χ2n) is 5.39. The van der Waals surface area contributed by atoms with Crippen molar-refractivity contribution in [3.63, 3.8) is 0 Å². The van der Waals surface area contributed by atoms with Gasteiger partial charge in [-0.25, -0.2) is 0 Å². The standard InChI is InChI=1S/C15H23NO2/c1-10(2)14(9-17)16-11(3)12-4-5-15-13(8-12)6-7-18-15/h4-5,8,10-11,14,16-17H,6-7,9H2,1-3H3. The predicted molar refractivity (Wildman–Crippen MR) is 72.9 cm³/mol. The van der Waals surface area contributed by atoms with Crippen LogP contribution in [0.3, 0.4) is 0 Å². The molecule has 0 saturated heterocycles. The first-order chi connectivity index (χ1) is 8.61. The molecule has 1 aliphatic heterocycles. The predicted octanol–water partition coefficient (Wildman–Crippen LogP) is 2.29. The third-order valence-corrected chi connectivity index (χ3v) is 3.68. The van der Waals surface area contributed by atoms with Gasteiger partial charge in [0.2, 0.25) is 0 Å². The number of nitrogens with one attached hydrogen (secondary N) is 1. The van der Waals surface area contributed by atoms with Gasteiger partial charge in [0.25, 0.3) is 0 Å². The first kappa shape index (κ1) is 13.4. The summed E-state index contributed by atoms with van der Waals surface area (Å²) < 4.78 is 5.51. The van der Waals surface area contributed by atoms with Crippen molar-refractivity contribution < 1.29 is 9.84 Å². The van der Waals surface area contributed by atoms with E-state index < -0.39 is 0 Å². The van der Waals surface area contributed by atoms with Crippen molar-refractivity contribution >= 4 is 0 Å². The van der Waals surface area contributed by atoms with Crippen molar-refractivity contribution in [3.05, 3.63) is 29.3 Å². The molecule has 2 N–H and O–H groups in total. The summed E-state index contributed by atoms with van der Waals surface area (Å²) in [7, 11) is 0. The third-order valence-electron chi connectivity index (χ3n) is 3.68. The summed E-state index contributed by atoms with van der Waals surface area (Å²) in [5.74, 6) is 1.45. The Hall–Kier alpha value is -1.06. The van der Waals surface area contributed by atoms with E-state index in [0.29, 0.717) is 5.92 Å². The van der Waals surface area contributed by atoms with Crippen molar-refractivity contribution in [2.45, 2.75) is 39.3 Å². The molecular weight excluding hydrogens is 226 g/mol. The molecule has 0 bridgehead atoms. The zero-order valence-electron chi connectivity index (χ0n) is 11.4. The maximum Gasteiger partial charge on any atom is 0.122 e. The molecule has 0 saturated carbocycles. The first-order valence-electron chi connectivity index (χ1n) is 6.74. The van der Waals surface area contributed by atoms with Crippen LogP contribution in [0, 0.1) is 5.92 Å². The number of hydrogen-bond acceptors (Lipinski definition) is 3. The summed E-state index contributed by atoms with van der Waals surface area (Å²) in [6.45, 7) is 7.36. The minimum absolute atomic E-state index is 0.143. The molecular formula is C15H23NO2. The van der Waals surface area contributed by atoms with Crippen LogP contribution in [-0.4, -0.2) is 24.4 Å². The molecule has 2 unspecified atom stereocenters. The van der Waals surface area contributed by atoms with Gasteiger partial charge < -0.3 is 15.2 Å². The van der Waals surface area contributed by atoms with Crippen molar-refractivity contribution in [2.24, 2.45) is 5.92 Å². The molecule has 2 rings (SSSR count). The molecule has 1 aromatic rings. The van der Waals surface area contributed by atoms with E-state index >= 15 is 0 Å². The van der Waals surface area contributed by atoms with E-state index in [-0.39, 0.29) is 18.7 Å². The Bertz CT molecular complexity index is 403. The van der Waals surface area contributed by atoms with E-state index in [4.69, 9.17) is 4.74 Å². The van der Waals surface area contributed by atoms with Crippen molar-refractivity contribution in [3.8, 4) is 5.75 Å². The van der Waals surface area contributed by atoms with E-state index in [2.05, 4.69) is 44.3 Å². The number of ether oxygens (including phenoxy) is 1. The van der Waals surface area contributed by atoms with Gasteiger partial charge in [-0.3, -0.25) is 0 Å². The maximum absolute atomic E-state index is 9.36. The molecule has 0 amide bonds. The largest absolute Gasteiger partial charge is 0.493 e. The molecule has 0 spiro atoms. The van der Waals surface area contributed by atoms with E-state index in [1.807, 2.05) is 0 Å². The number of aliphatic hydroxyl groups is 1. The van der Waals surface area contributed by atoms with Crippen LogP contribution in [0.1, 0.15) is 37.9 Å². The number of hydrogen-bond donors (Lipinski definition) is 2. The van der Waals surface area contributed by atoms with Gasteiger partial charge in [-0.2, -0.15) is 0 Å². The summed E-state index contributed by atoms with van der Waals surface area (Å²) in [6, 6.07) is 6.77. The van der Waals surface area contributed by atoms with Crippen molar-refractivity contribution in [2.75, 3.05) is 13.2 Å². The number of benzene rings is 1. The van der Waals surface area contributed by atoms with Crippen LogP contribution in [0.4, 0.5) is 0 Å². The van der Waals surface area contributed by atoms with Gasteiger partial charge in [0, 0.05) is 18.5 Å². The number of aliphatic hydroxyl groups excluding tert-OH is 1. The maximum atomic E-state index is 9.36. The van der Waals surface area contributed by atoms with Crippen LogP contribution >= 0.6 is 0 Å². The molecule has 1 heterocycles. The smallest absolute Gasteiger partial charge is 0.122 e. The van der Waals surface area contributed by atoms with Crippen LogP contribution in [0.5, 0.6) is 5.75 Å². The third kappa shape index (κ3) is 2.85. The first-order valence-corrected chi connectivity index (χ1v) is 6.74. The SMILES string of the molecule is CC(NC(CO)C(C)C)c1ccc2c(c1)CCO2. The zero-order valence-corrected chi connectivity index (χ0v) is 11.4. The Morgan fingerprint density at radius 3 is 2.78 bits per heavy atom. The molecule has 2 atom stereocenters. The lowest BCUT2D eigenvalue weighted by molar-refractivity contribution is 0.201. The highest BCUT2D eigenvalue weighted by Gasteiger charge is 2.18. The minimum Gasteiger partial charge on any atom is -0.493 e. The molecule has 3 nitrogen and oxygen atoms in total. The van der Waals surface area contributed by atoms with E-state index in [1.54, 1.807) is 0 Å². The molecule has 1 aromatic carbocycles. The average molecular weight is 249 g/mol. The summed E-state index contributed by atoms with van der Waals surface area (Å²) in [4.78, 5) is 0. The van der Waals surface area contributed by atoms with Gasteiger partial charge in [-0.1, -0.05) is 26.0 Å². The van der Waals surface area contributed by atoms with E-state index in [9.17, 15) is 5.11 Å². The Morgan fingerprint density at radius 1 is 1.33 bits per heavy atom. The second-order valence-corrected chi connectivity index (χ2v) is 5.39. The van der Waals surface area contributed by atoms with E-state index in [0.717, 1.165) is 18.8 Å². The molecule has 18 heavy (non-hydrogen) atoms. The highest BCUT2D eigenvalue weighted by atomic mass is 16.5. The molecule has 0 aliphatic carbocycles. The van der Waals surface area contributed by atoms with Gasteiger partial charge in [0.15, 0.2) is 0 Å². The monoisotopic (exact) mass is 249 g/mol. The van der Waals surface area contributed by atoms with Crippen molar-refractivity contribution in [1.29, 1.82) is 0 Å². The quantitative estimate of drug-likeness (QED) is 0.841.